The molecule has 2 N–H and O–H groups in total. The van der Waals surface area contributed by atoms with Gasteiger partial charge in [0, 0.05) is 35.2 Å². The SMILES string of the molecule is N#Cc1ccnc(C(=O)Nc2ccc3[nH]nc(-c4ccncc4)c3c2)c1. The molecule has 0 radical (unpaired) electrons. The number of nitriles is 1. The highest BCUT2D eigenvalue weighted by atomic mass is 16.1. The molecular weight excluding hydrogens is 328 g/mol. The number of amides is 1. The van der Waals surface area contributed by atoms with Crippen LogP contribution in [0.3, 0.4) is 0 Å². The topological polar surface area (TPSA) is 107 Å². The summed E-state index contributed by atoms with van der Waals surface area (Å²) in [5.74, 6) is -0.379. The molecule has 0 aliphatic rings. The molecular formula is C19H12N6O. The van der Waals surface area contributed by atoms with Crippen molar-refractivity contribution in [3.63, 3.8) is 0 Å². The number of rotatable bonds is 3. The zero-order valence-electron chi connectivity index (χ0n) is 13.5. The Morgan fingerprint density at radius 2 is 1.92 bits per heavy atom. The number of hydrogen-bond acceptors (Lipinski definition) is 5. The number of benzene rings is 1. The Balaban J connectivity index is 1.67. The van der Waals surface area contributed by atoms with Crippen molar-refractivity contribution in [2.24, 2.45) is 0 Å². The third kappa shape index (κ3) is 2.87. The maximum atomic E-state index is 12.4. The van der Waals surface area contributed by atoms with Crippen LogP contribution in [0.1, 0.15) is 16.1 Å². The fourth-order valence-corrected chi connectivity index (χ4v) is 2.64. The average molecular weight is 340 g/mol. The minimum absolute atomic E-state index is 0.186. The number of anilines is 1. The Bertz CT molecular complexity index is 1140. The van der Waals surface area contributed by atoms with Crippen LogP contribution in [0.4, 0.5) is 5.69 Å². The summed E-state index contributed by atoms with van der Waals surface area (Å²) in [5.41, 5.74) is 3.75. The summed E-state index contributed by atoms with van der Waals surface area (Å²) in [4.78, 5) is 20.4. The first-order valence-electron chi connectivity index (χ1n) is 7.80. The maximum absolute atomic E-state index is 12.4. The fourth-order valence-electron chi connectivity index (χ4n) is 2.64. The fraction of sp³-hybridized carbons (Fsp3) is 0. The van der Waals surface area contributed by atoms with Gasteiger partial charge in [-0.3, -0.25) is 19.9 Å². The van der Waals surface area contributed by atoms with E-state index in [2.05, 4.69) is 25.5 Å². The van der Waals surface area contributed by atoms with Crippen LogP contribution in [-0.2, 0) is 0 Å². The first-order chi connectivity index (χ1) is 12.7. The number of nitrogens with zero attached hydrogens (tertiary/aromatic N) is 4. The number of aromatic nitrogens is 4. The molecule has 1 amide bonds. The van der Waals surface area contributed by atoms with Crippen molar-refractivity contribution in [2.75, 3.05) is 5.32 Å². The van der Waals surface area contributed by atoms with Crippen LogP contribution in [0.5, 0.6) is 0 Å². The molecule has 7 heteroatoms. The van der Waals surface area contributed by atoms with E-state index in [0.29, 0.717) is 11.3 Å². The number of pyridine rings is 2. The van der Waals surface area contributed by atoms with Gasteiger partial charge in [-0.2, -0.15) is 10.4 Å². The maximum Gasteiger partial charge on any atom is 0.274 e. The Hall–Kier alpha value is -4.05. The number of carbonyl (C=O) groups excluding carboxylic acids is 1. The van der Waals surface area contributed by atoms with Crippen molar-refractivity contribution >= 4 is 22.5 Å². The predicted octanol–water partition coefficient (Wildman–Crippen LogP) is 3.14. The van der Waals surface area contributed by atoms with E-state index >= 15 is 0 Å². The van der Waals surface area contributed by atoms with Crippen LogP contribution in [-0.4, -0.2) is 26.1 Å². The molecule has 0 atom stereocenters. The van der Waals surface area contributed by atoms with Gasteiger partial charge in [-0.1, -0.05) is 0 Å². The number of hydrogen-bond donors (Lipinski definition) is 2. The minimum Gasteiger partial charge on any atom is -0.321 e. The lowest BCUT2D eigenvalue weighted by Crippen LogP contribution is -2.13. The van der Waals surface area contributed by atoms with E-state index in [1.807, 2.05) is 30.3 Å². The largest absolute Gasteiger partial charge is 0.321 e. The van der Waals surface area contributed by atoms with Crippen LogP contribution in [0.25, 0.3) is 22.2 Å². The molecule has 0 unspecified atom stereocenters. The number of fused-ring (bicyclic) bond motifs is 1. The number of nitrogens with one attached hydrogen (secondary N) is 2. The summed E-state index contributed by atoms with van der Waals surface area (Å²) in [6, 6.07) is 14.2. The Morgan fingerprint density at radius 1 is 1.08 bits per heavy atom. The van der Waals surface area contributed by atoms with Crippen LogP contribution >= 0.6 is 0 Å². The van der Waals surface area contributed by atoms with Crippen LogP contribution in [0.2, 0.25) is 0 Å². The van der Waals surface area contributed by atoms with Gasteiger partial charge in [0.15, 0.2) is 0 Å². The number of aromatic amines is 1. The molecule has 1 aromatic carbocycles. The molecule has 0 fully saturated rings. The summed E-state index contributed by atoms with van der Waals surface area (Å²) in [6.07, 6.45) is 4.85. The second-order valence-corrected chi connectivity index (χ2v) is 5.56. The van der Waals surface area contributed by atoms with Gasteiger partial charge >= 0.3 is 0 Å². The summed E-state index contributed by atoms with van der Waals surface area (Å²) in [5, 5.41) is 20.0. The normalized spacial score (nSPS) is 10.4. The van der Waals surface area contributed by atoms with Crippen LogP contribution < -0.4 is 5.32 Å². The molecule has 124 valence electrons. The molecule has 7 nitrogen and oxygen atoms in total. The van der Waals surface area contributed by atoms with Crippen molar-refractivity contribution in [3.8, 4) is 17.3 Å². The van der Waals surface area contributed by atoms with E-state index in [0.717, 1.165) is 22.2 Å². The van der Waals surface area contributed by atoms with E-state index in [4.69, 9.17) is 5.26 Å². The second-order valence-electron chi connectivity index (χ2n) is 5.56. The van der Waals surface area contributed by atoms with Gasteiger partial charge in [-0.25, -0.2) is 0 Å². The molecule has 26 heavy (non-hydrogen) atoms. The van der Waals surface area contributed by atoms with Crippen LogP contribution in [0.15, 0.2) is 61.1 Å². The van der Waals surface area contributed by atoms with Gasteiger partial charge < -0.3 is 5.32 Å². The smallest absolute Gasteiger partial charge is 0.274 e. The zero-order valence-corrected chi connectivity index (χ0v) is 13.5. The molecule has 0 saturated carbocycles. The van der Waals surface area contributed by atoms with Gasteiger partial charge in [0.05, 0.1) is 17.1 Å². The van der Waals surface area contributed by atoms with Gasteiger partial charge in [0.25, 0.3) is 5.91 Å². The minimum atomic E-state index is -0.379. The highest BCUT2D eigenvalue weighted by Gasteiger charge is 2.12. The summed E-state index contributed by atoms with van der Waals surface area (Å²) < 4.78 is 0. The lowest BCUT2D eigenvalue weighted by atomic mass is 10.1. The van der Waals surface area contributed by atoms with Gasteiger partial charge in [0.1, 0.15) is 11.4 Å². The van der Waals surface area contributed by atoms with E-state index < -0.39 is 0 Å². The highest BCUT2D eigenvalue weighted by Crippen LogP contribution is 2.28. The standard InChI is InChI=1S/C19H12N6O/c20-11-12-3-8-22-17(9-12)19(26)23-14-1-2-16-15(10-14)18(25-24-16)13-4-6-21-7-5-13/h1-10H,(H,23,26)(H,24,25). The van der Waals surface area contributed by atoms with Gasteiger partial charge in [0.2, 0.25) is 0 Å². The monoisotopic (exact) mass is 340 g/mol. The van der Waals surface area contributed by atoms with E-state index in [1.165, 1.54) is 12.3 Å². The molecule has 4 aromatic rings. The van der Waals surface area contributed by atoms with Crippen molar-refractivity contribution in [1.82, 2.24) is 20.2 Å². The van der Waals surface area contributed by atoms with Crippen molar-refractivity contribution < 1.29 is 4.79 Å². The molecule has 0 spiro atoms. The second kappa shape index (κ2) is 6.45. The average Bonchev–Trinajstić information content (AvgIpc) is 3.12. The predicted molar refractivity (Wildman–Crippen MR) is 96.2 cm³/mol. The van der Waals surface area contributed by atoms with E-state index in [-0.39, 0.29) is 11.6 Å². The van der Waals surface area contributed by atoms with Crippen LogP contribution in [0, 0.1) is 11.3 Å². The molecule has 0 bridgehead atoms. The molecule has 0 aliphatic carbocycles. The molecule has 3 aromatic heterocycles. The molecule has 0 saturated heterocycles. The first-order valence-corrected chi connectivity index (χ1v) is 7.80. The van der Waals surface area contributed by atoms with Gasteiger partial charge in [-0.05, 0) is 42.5 Å². The summed E-state index contributed by atoms with van der Waals surface area (Å²) in [7, 11) is 0. The lowest BCUT2D eigenvalue weighted by Gasteiger charge is -2.05. The third-order valence-electron chi connectivity index (χ3n) is 3.90. The highest BCUT2D eigenvalue weighted by molar-refractivity contribution is 6.05. The quantitative estimate of drug-likeness (QED) is 0.596. The molecule has 3 heterocycles. The Labute approximate surface area is 148 Å². The summed E-state index contributed by atoms with van der Waals surface area (Å²) >= 11 is 0. The van der Waals surface area contributed by atoms with E-state index in [9.17, 15) is 4.79 Å². The molecule has 0 aliphatic heterocycles. The Morgan fingerprint density at radius 3 is 2.73 bits per heavy atom. The van der Waals surface area contributed by atoms with Crippen molar-refractivity contribution in [1.29, 1.82) is 5.26 Å². The lowest BCUT2D eigenvalue weighted by molar-refractivity contribution is 0.102. The van der Waals surface area contributed by atoms with E-state index in [1.54, 1.807) is 24.5 Å². The molecule has 4 rings (SSSR count). The summed E-state index contributed by atoms with van der Waals surface area (Å²) in [6.45, 7) is 0. The van der Waals surface area contributed by atoms with Crippen molar-refractivity contribution in [2.45, 2.75) is 0 Å². The number of H-pyrrole nitrogens is 1. The van der Waals surface area contributed by atoms with Gasteiger partial charge in [-0.15, -0.1) is 0 Å². The van der Waals surface area contributed by atoms with Crippen molar-refractivity contribution in [3.05, 3.63) is 72.3 Å². The first kappa shape index (κ1) is 15.5. The Kier molecular flexibility index (Phi) is 3.84. The zero-order chi connectivity index (χ0) is 17.9. The number of carbonyl (C=O) groups is 1. The third-order valence-corrected chi connectivity index (χ3v) is 3.90.